The molecule has 3 rings (SSSR count). The molecule has 0 aliphatic rings. The number of nitrogens with zero attached hydrogens (tertiary/aromatic N) is 1. The Morgan fingerprint density at radius 2 is 2.00 bits per heavy atom. The Morgan fingerprint density at radius 1 is 1.12 bits per heavy atom. The lowest BCUT2D eigenvalue weighted by molar-refractivity contribution is -0.134. The lowest BCUT2D eigenvalue weighted by atomic mass is 10.2. The summed E-state index contributed by atoms with van der Waals surface area (Å²) in [5.41, 5.74) is 0.981. The smallest absolute Gasteiger partial charge is 0.260 e. The topological polar surface area (TPSA) is 42.7 Å². The summed E-state index contributed by atoms with van der Waals surface area (Å²) in [4.78, 5) is 15.7. The molecule has 0 aliphatic carbocycles. The highest BCUT2D eigenvalue weighted by Crippen LogP contribution is 2.13. The molecule has 0 N–H and O–H groups in total. The highest BCUT2D eigenvalue weighted by molar-refractivity contribution is 7.09. The average molecular weight is 341 g/mol. The first kappa shape index (κ1) is 16.3. The first-order valence-corrected chi connectivity index (χ1v) is 8.68. The number of benzene rings is 1. The van der Waals surface area contributed by atoms with Crippen LogP contribution in [-0.2, 0) is 17.8 Å². The summed E-state index contributed by atoms with van der Waals surface area (Å²) < 4.78 is 10.7. The molecule has 5 heteroatoms. The van der Waals surface area contributed by atoms with E-state index in [1.54, 1.807) is 23.9 Å². The van der Waals surface area contributed by atoms with Crippen LogP contribution in [0.4, 0.5) is 0 Å². The predicted molar refractivity (Wildman–Crippen MR) is 94.1 cm³/mol. The number of thiophene rings is 1. The number of ether oxygens (including phenoxy) is 1. The molecule has 0 atom stereocenters. The Labute approximate surface area is 145 Å². The zero-order chi connectivity index (χ0) is 16.6. The van der Waals surface area contributed by atoms with Gasteiger partial charge in [-0.3, -0.25) is 4.79 Å². The maximum absolute atomic E-state index is 12.6. The third-order valence-corrected chi connectivity index (χ3v) is 4.56. The molecule has 2 heterocycles. The Balaban J connectivity index is 1.60. The third kappa shape index (κ3) is 4.73. The fourth-order valence-electron chi connectivity index (χ4n) is 2.35. The van der Waals surface area contributed by atoms with Crippen LogP contribution in [0, 0.1) is 0 Å². The number of hydrogen-bond acceptors (Lipinski definition) is 4. The zero-order valence-corrected chi connectivity index (χ0v) is 14.1. The van der Waals surface area contributed by atoms with Gasteiger partial charge in [-0.1, -0.05) is 24.3 Å². The van der Waals surface area contributed by atoms with Gasteiger partial charge >= 0.3 is 0 Å². The van der Waals surface area contributed by atoms with Gasteiger partial charge in [0, 0.05) is 23.5 Å². The number of rotatable bonds is 8. The number of para-hydroxylation sites is 1. The Bertz CT molecular complexity index is 723. The Morgan fingerprint density at radius 3 is 2.71 bits per heavy atom. The second-order valence-corrected chi connectivity index (χ2v) is 6.41. The molecule has 3 aromatic rings. The average Bonchev–Trinajstić information content (AvgIpc) is 3.31. The van der Waals surface area contributed by atoms with E-state index in [0.29, 0.717) is 18.8 Å². The summed E-state index contributed by atoms with van der Waals surface area (Å²) in [5.74, 6) is 0.670. The fraction of sp³-hybridized carbons (Fsp3) is 0.211. The molecule has 0 saturated heterocycles. The molecule has 0 bridgehead atoms. The van der Waals surface area contributed by atoms with Gasteiger partial charge in [0.25, 0.3) is 5.91 Å². The van der Waals surface area contributed by atoms with Crippen LogP contribution in [0.25, 0.3) is 0 Å². The number of carbonyl (C=O) groups is 1. The molecule has 4 nitrogen and oxygen atoms in total. The van der Waals surface area contributed by atoms with E-state index < -0.39 is 0 Å². The van der Waals surface area contributed by atoms with Gasteiger partial charge in [-0.2, -0.15) is 0 Å². The minimum Gasteiger partial charge on any atom is -0.484 e. The van der Waals surface area contributed by atoms with E-state index in [2.05, 4.69) is 11.4 Å². The van der Waals surface area contributed by atoms with Crippen LogP contribution >= 0.6 is 11.3 Å². The monoisotopic (exact) mass is 341 g/mol. The van der Waals surface area contributed by atoms with Gasteiger partial charge in [0.1, 0.15) is 5.75 Å². The van der Waals surface area contributed by atoms with Crippen LogP contribution in [0.2, 0.25) is 0 Å². The van der Waals surface area contributed by atoms with Crippen LogP contribution in [0.15, 0.2) is 70.9 Å². The van der Waals surface area contributed by atoms with Crippen molar-refractivity contribution in [1.82, 2.24) is 4.90 Å². The highest BCUT2D eigenvalue weighted by Gasteiger charge is 2.15. The third-order valence-electron chi connectivity index (χ3n) is 3.62. The number of furan rings is 1. The number of carbonyl (C=O) groups excluding carboxylic acids is 1. The van der Waals surface area contributed by atoms with Gasteiger partial charge in [0.2, 0.25) is 0 Å². The maximum Gasteiger partial charge on any atom is 0.260 e. The molecule has 2 aromatic heterocycles. The summed E-state index contributed by atoms with van der Waals surface area (Å²) in [6.07, 6.45) is 4.13. The van der Waals surface area contributed by atoms with Gasteiger partial charge in [-0.15, -0.1) is 11.3 Å². The van der Waals surface area contributed by atoms with Gasteiger partial charge < -0.3 is 14.1 Å². The van der Waals surface area contributed by atoms with E-state index in [-0.39, 0.29) is 12.5 Å². The van der Waals surface area contributed by atoms with E-state index >= 15 is 0 Å². The van der Waals surface area contributed by atoms with Crippen molar-refractivity contribution in [3.63, 3.8) is 0 Å². The molecule has 0 spiro atoms. The number of hydrogen-bond donors (Lipinski definition) is 0. The molecular weight excluding hydrogens is 322 g/mol. The molecular formula is C19H19NO3S. The van der Waals surface area contributed by atoms with Crippen molar-refractivity contribution in [3.05, 3.63) is 76.9 Å². The quantitative estimate of drug-likeness (QED) is 0.622. The van der Waals surface area contributed by atoms with E-state index in [0.717, 1.165) is 12.0 Å². The van der Waals surface area contributed by atoms with Crippen molar-refractivity contribution >= 4 is 17.2 Å². The van der Waals surface area contributed by atoms with Crippen molar-refractivity contribution in [2.24, 2.45) is 0 Å². The second-order valence-electron chi connectivity index (χ2n) is 5.38. The lowest BCUT2D eigenvalue weighted by Crippen LogP contribution is -2.35. The normalized spacial score (nSPS) is 10.5. The standard InChI is InChI=1S/C19H19NO3S/c21-19(15-23-17-5-2-1-3-6-17)20(13-16-9-11-22-14-16)10-8-18-7-4-12-24-18/h1-7,9,11-12,14H,8,10,13,15H2. The molecule has 0 fully saturated rings. The van der Waals surface area contributed by atoms with Crippen molar-refractivity contribution in [3.8, 4) is 5.75 Å². The van der Waals surface area contributed by atoms with Crippen LogP contribution in [0.1, 0.15) is 10.4 Å². The summed E-state index contributed by atoms with van der Waals surface area (Å²) in [7, 11) is 0. The molecule has 0 unspecified atom stereocenters. The summed E-state index contributed by atoms with van der Waals surface area (Å²) in [6.45, 7) is 1.22. The summed E-state index contributed by atoms with van der Waals surface area (Å²) >= 11 is 1.71. The van der Waals surface area contributed by atoms with Gasteiger partial charge in [-0.25, -0.2) is 0 Å². The van der Waals surface area contributed by atoms with Crippen molar-refractivity contribution in [2.75, 3.05) is 13.2 Å². The molecule has 0 saturated carbocycles. The van der Waals surface area contributed by atoms with Gasteiger partial charge in [0.05, 0.1) is 12.5 Å². The fourth-order valence-corrected chi connectivity index (χ4v) is 3.05. The summed E-state index contributed by atoms with van der Waals surface area (Å²) in [6, 6.07) is 15.4. The van der Waals surface area contributed by atoms with Crippen molar-refractivity contribution in [1.29, 1.82) is 0 Å². The SMILES string of the molecule is O=C(COc1ccccc1)N(CCc1cccs1)Cc1ccoc1. The highest BCUT2D eigenvalue weighted by atomic mass is 32.1. The van der Waals surface area contributed by atoms with Crippen molar-refractivity contribution in [2.45, 2.75) is 13.0 Å². The van der Waals surface area contributed by atoms with E-state index in [4.69, 9.17) is 9.15 Å². The van der Waals surface area contributed by atoms with E-state index in [1.807, 2.05) is 47.4 Å². The van der Waals surface area contributed by atoms with Crippen LogP contribution in [0.5, 0.6) is 5.75 Å². The zero-order valence-electron chi connectivity index (χ0n) is 13.3. The van der Waals surface area contributed by atoms with Crippen LogP contribution in [-0.4, -0.2) is 24.0 Å². The van der Waals surface area contributed by atoms with Gasteiger partial charge in [-0.05, 0) is 36.1 Å². The largest absolute Gasteiger partial charge is 0.484 e. The minimum atomic E-state index is -0.0309. The molecule has 124 valence electrons. The molecule has 24 heavy (non-hydrogen) atoms. The molecule has 0 radical (unpaired) electrons. The Kier molecular flexibility index (Phi) is 5.69. The maximum atomic E-state index is 12.6. The van der Waals surface area contributed by atoms with Crippen LogP contribution in [0.3, 0.4) is 0 Å². The number of amides is 1. The first-order valence-electron chi connectivity index (χ1n) is 7.80. The Hall–Kier alpha value is -2.53. The minimum absolute atomic E-state index is 0.0309. The molecule has 1 aromatic carbocycles. The van der Waals surface area contributed by atoms with Gasteiger partial charge in [0.15, 0.2) is 6.61 Å². The lowest BCUT2D eigenvalue weighted by Gasteiger charge is -2.22. The second kappa shape index (κ2) is 8.36. The van der Waals surface area contributed by atoms with E-state index in [1.165, 1.54) is 4.88 Å². The van der Waals surface area contributed by atoms with Crippen molar-refractivity contribution < 1.29 is 13.9 Å². The van der Waals surface area contributed by atoms with Crippen LogP contribution < -0.4 is 4.74 Å². The predicted octanol–water partition coefficient (Wildman–Crippen LogP) is 3.99. The first-order chi connectivity index (χ1) is 11.8. The molecule has 1 amide bonds. The van der Waals surface area contributed by atoms with E-state index in [9.17, 15) is 4.79 Å². The molecule has 0 aliphatic heterocycles. The summed E-state index contributed by atoms with van der Waals surface area (Å²) in [5, 5.41) is 2.05.